The molecular formula is C17H13FN2O3. The number of nitrogens with zero attached hydrogens (tertiary/aromatic N) is 1. The van der Waals surface area contributed by atoms with Crippen LogP contribution in [0.2, 0.25) is 0 Å². The number of hydrogen-bond donors (Lipinski definition) is 1. The number of carbonyl (C=O) groups excluding carboxylic acids is 3. The van der Waals surface area contributed by atoms with Crippen molar-refractivity contribution >= 4 is 17.7 Å². The smallest absolute Gasteiger partial charge is 0.261 e. The van der Waals surface area contributed by atoms with E-state index in [0.29, 0.717) is 11.1 Å². The summed E-state index contributed by atoms with van der Waals surface area (Å²) in [4.78, 5) is 37.3. The molecule has 0 fully saturated rings. The van der Waals surface area contributed by atoms with E-state index in [1.807, 2.05) is 0 Å². The van der Waals surface area contributed by atoms with Gasteiger partial charge in [0.15, 0.2) is 0 Å². The van der Waals surface area contributed by atoms with Crippen molar-refractivity contribution in [3.05, 3.63) is 71.0 Å². The summed E-state index contributed by atoms with van der Waals surface area (Å²) in [6.07, 6.45) is 0. The van der Waals surface area contributed by atoms with E-state index in [-0.39, 0.29) is 30.5 Å². The van der Waals surface area contributed by atoms with Gasteiger partial charge in [-0.2, -0.15) is 0 Å². The third-order valence-electron chi connectivity index (χ3n) is 3.59. The van der Waals surface area contributed by atoms with Gasteiger partial charge in [-0.15, -0.1) is 0 Å². The van der Waals surface area contributed by atoms with Crippen molar-refractivity contribution in [2.45, 2.75) is 0 Å². The Bertz CT molecular complexity index is 769. The molecule has 5 nitrogen and oxygen atoms in total. The standard InChI is InChI=1S/C17H13FN2O3/c18-12-5-3-4-11(10-12)15(21)19-8-9-20-16(22)13-6-1-2-7-14(13)17(20)23/h1-7,10H,8-9H2,(H,19,21). The van der Waals surface area contributed by atoms with Gasteiger partial charge < -0.3 is 5.32 Å². The Morgan fingerprint density at radius 1 is 1.00 bits per heavy atom. The molecule has 0 atom stereocenters. The van der Waals surface area contributed by atoms with E-state index >= 15 is 0 Å². The van der Waals surface area contributed by atoms with Gasteiger partial charge >= 0.3 is 0 Å². The van der Waals surface area contributed by atoms with Gasteiger partial charge in [0, 0.05) is 18.7 Å². The van der Waals surface area contributed by atoms with E-state index in [4.69, 9.17) is 0 Å². The Hall–Kier alpha value is -3.02. The fraction of sp³-hybridized carbons (Fsp3) is 0.118. The molecule has 1 heterocycles. The highest BCUT2D eigenvalue weighted by atomic mass is 19.1. The van der Waals surface area contributed by atoms with Crippen LogP contribution in [0.4, 0.5) is 4.39 Å². The second-order valence-corrected chi connectivity index (χ2v) is 5.07. The number of carbonyl (C=O) groups is 3. The second kappa shape index (κ2) is 6.00. The number of benzene rings is 2. The van der Waals surface area contributed by atoms with E-state index in [1.54, 1.807) is 24.3 Å². The molecule has 1 N–H and O–H groups in total. The average Bonchev–Trinajstić information content (AvgIpc) is 2.80. The summed E-state index contributed by atoms with van der Waals surface area (Å²) in [6.45, 7) is 0.161. The lowest BCUT2D eigenvalue weighted by molar-refractivity contribution is 0.0650. The number of rotatable bonds is 4. The predicted molar refractivity (Wildman–Crippen MR) is 80.5 cm³/mol. The van der Waals surface area contributed by atoms with Crippen LogP contribution in [0.5, 0.6) is 0 Å². The maximum absolute atomic E-state index is 13.1. The molecule has 0 radical (unpaired) electrons. The van der Waals surface area contributed by atoms with Crippen LogP contribution in [0.1, 0.15) is 31.1 Å². The quantitative estimate of drug-likeness (QED) is 0.876. The van der Waals surface area contributed by atoms with E-state index in [0.717, 1.165) is 11.0 Å². The Morgan fingerprint density at radius 3 is 2.26 bits per heavy atom. The highest BCUT2D eigenvalue weighted by Crippen LogP contribution is 2.21. The lowest BCUT2D eigenvalue weighted by Gasteiger charge is -2.14. The van der Waals surface area contributed by atoms with Crippen LogP contribution in [-0.4, -0.2) is 35.7 Å². The van der Waals surface area contributed by atoms with Gasteiger partial charge in [-0.3, -0.25) is 19.3 Å². The van der Waals surface area contributed by atoms with Gasteiger partial charge in [0.1, 0.15) is 5.82 Å². The zero-order valence-electron chi connectivity index (χ0n) is 12.1. The van der Waals surface area contributed by atoms with Crippen LogP contribution in [0.25, 0.3) is 0 Å². The number of hydrogen-bond acceptors (Lipinski definition) is 3. The molecule has 0 aromatic heterocycles. The molecule has 0 saturated carbocycles. The second-order valence-electron chi connectivity index (χ2n) is 5.07. The van der Waals surface area contributed by atoms with Crippen molar-refractivity contribution in [1.82, 2.24) is 10.2 Å². The average molecular weight is 312 g/mol. The molecule has 0 saturated heterocycles. The van der Waals surface area contributed by atoms with Gasteiger partial charge in [-0.25, -0.2) is 4.39 Å². The molecule has 0 spiro atoms. The Balaban J connectivity index is 1.61. The lowest BCUT2D eigenvalue weighted by Crippen LogP contribution is -2.38. The molecule has 0 bridgehead atoms. The maximum Gasteiger partial charge on any atom is 0.261 e. The largest absolute Gasteiger partial charge is 0.350 e. The fourth-order valence-corrected chi connectivity index (χ4v) is 2.46. The lowest BCUT2D eigenvalue weighted by atomic mass is 10.1. The molecule has 0 unspecified atom stereocenters. The number of imide groups is 1. The minimum absolute atomic E-state index is 0.0629. The minimum atomic E-state index is -0.502. The first kappa shape index (κ1) is 14.9. The summed E-state index contributed by atoms with van der Waals surface area (Å²) in [5.41, 5.74) is 0.926. The Morgan fingerprint density at radius 2 is 1.65 bits per heavy atom. The minimum Gasteiger partial charge on any atom is -0.350 e. The van der Waals surface area contributed by atoms with Crippen molar-refractivity contribution in [2.24, 2.45) is 0 Å². The van der Waals surface area contributed by atoms with Gasteiger partial charge in [-0.1, -0.05) is 18.2 Å². The van der Waals surface area contributed by atoms with Crippen molar-refractivity contribution < 1.29 is 18.8 Å². The number of halogens is 1. The zero-order valence-corrected chi connectivity index (χ0v) is 12.1. The van der Waals surface area contributed by atoms with Gasteiger partial charge in [0.2, 0.25) is 0 Å². The Kier molecular flexibility index (Phi) is 3.89. The van der Waals surface area contributed by atoms with Crippen LogP contribution >= 0.6 is 0 Å². The fourth-order valence-electron chi connectivity index (χ4n) is 2.46. The summed E-state index contributed by atoms with van der Waals surface area (Å²) in [7, 11) is 0. The summed E-state index contributed by atoms with van der Waals surface area (Å²) < 4.78 is 13.1. The van der Waals surface area contributed by atoms with Crippen molar-refractivity contribution in [1.29, 1.82) is 0 Å². The molecule has 2 aromatic rings. The summed E-state index contributed by atoms with van der Waals surface area (Å²) >= 11 is 0. The third kappa shape index (κ3) is 2.83. The van der Waals surface area contributed by atoms with Crippen LogP contribution in [0.15, 0.2) is 48.5 Å². The van der Waals surface area contributed by atoms with Crippen LogP contribution in [0, 0.1) is 5.82 Å². The molecule has 0 aliphatic carbocycles. The Labute approximate surface area is 131 Å². The molecule has 23 heavy (non-hydrogen) atoms. The third-order valence-corrected chi connectivity index (χ3v) is 3.59. The highest BCUT2D eigenvalue weighted by Gasteiger charge is 2.34. The van der Waals surface area contributed by atoms with Gasteiger partial charge in [-0.05, 0) is 30.3 Å². The number of nitrogens with one attached hydrogen (secondary N) is 1. The summed E-state index contributed by atoms with van der Waals surface area (Å²) in [5.74, 6) is -1.70. The zero-order chi connectivity index (χ0) is 16.4. The van der Waals surface area contributed by atoms with Gasteiger partial charge in [0.05, 0.1) is 11.1 Å². The van der Waals surface area contributed by atoms with E-state index < -0.39 is 11.7 Å². The highest BCUT2D eigenvalue weighted by molar-refractivity contribution is 6.21. The summed E-state index contributed by atoms with van der Waals surface area (Å²) in [6, 6.07) is 11.9. The molecule has 2 aromatic carbocycles. The predicted octanol–water partition coefficient (Wildman–Crippen LogP) is 1.85. The first-order chi connectivity index (χ1) is 11.1. The van der Waals surface area contributed by atoms with Crippen LogP contribution < -0.4 is 5.32 Å². The van der Waals surface area contributed by atoms with Gasteiger partial charge in [0.25, 0.3) is 17.7 Å². The molecule has 3 rings (SSSR count). The molecular weight excluding hydrogens is 299 g/mol. The summed E-state index contributed by atoms with van der Waals surface area (Å²) in [5, 5.41) is 2.57. The number of fused-ring (bicyclic) bond motifs is 1. The van der Waals surface area contributed by atoms with E-state index in [9.17, 15) is 18.8 Å². The SMILES string of the molecule is O=C(NCCN1C(=O)c2ccccc2C1=O)c1cccc(F)c1. The van der Waals surface area contributed by atoms with Crippen LogP contribution in [0.3, 0.4) is 0 Å². The van der Waals surface area contributed by atoms with Crippen molar-refractivity contribution in [3.8, 4) is 0 Å². The molecule has 6 heteroatoms. The topological polar surface area (TPSA) is 66.5 Å². The van der Waals surface area contributed by atoms with E-state index in [1.165, 1.54) is 18.2 Å². The van der Waals surface area contributed by atoms with E-state index in [2.05, 4.69) is 5.32 Å². The maximum atomic E-state index is 13.1. The molecule has 1 aliphatic rings. The number of amides is 3. The van der Waals surface area contributed by atoms with Crippen molar-refractivity contribution in [2.75, 3.05) is 13.1 Å². The first-order valence-electron chi connectivity index (χ1n) is 7.07. The molecule has 1 aliphatic heterocycles. The molecule has 3 amide bonds. The normalized spacial score (nSPS) is 13.2. The van der Waals surface area contributed by atoms with Crippen molar-refractivity contribution in [3.63, 3.8) is 0 Å². The molecule has 116 valence electrons. The monoisotopic (exact) mass is 312 g/mol. The first-order valence-corrected chi connectivity index (χ1v) is 7.07. The van der Waals surface area contributed by atoms with Crippen LogP contribution in [-0.2, 0) is 0 Å².